The van der Waals surface area contributed by atoms with Crippen LogP contribution in [0.5, 0.6) is 0 Å². The molecule has 1 heterocycles. The molecular formula is C15H11ClN4. The summed E-state index contributed by atoms with van der Waals surface area (Å²) in [6.07, 6.45) is 0. The molecule has 0 aliphatic rings. The lowest BCUT2D eigenvalue weighted by molar-refractivity contribution is 1.10. The quantitative estimate of drug-likeness (QED) is 0.743. The number of hydrogen-bond donors (Lipinski definition) is 1. The molecule has 0 fully saturated rings. The van der Waals surface area contributed by atoms with Crippen LogP contribution in [0, 0.1) is 18.3 Å². The van der Waals surface area contributed by atoms with Crippen molar-refractivity contribution in [2.24, 2.45) is 0 Å². The van der Waals surface area contributed by atoms with Gasteiger partial charge in [-0.25, -0.2) is 4.98 Å². The average Bonchev–Trinajstić information content (AvgIpc) is 2.76. The zero-order valence-corrected chi connectivity index (χ0v) is 11.5. The van der Waals surface area contributed by atoms with Crippen molar-refractivity contribution in [1.82, 2.24) is 9.55 Å². The summed E-state index contributed by atoms with van der Waals surface area (Å²) >= 11 is 6.05. The highest BCUT2D eigenvalue weighted by Gasteiger charge is 2.15. The summed E-state index contributed by atoms with van der Waals surface area (Å²) in [6, 6.07) is 13.1. The van der Waals surface area contributed by atoms with Crippen molar-refractivity contribution in [3.63, 3.8) is 0 Å². The van der Waals surface area contributed by atoms with Gasteiger partial charge in [0.25, 0.3) is 0 Å². The molecule has 0 saturated heterocycles. The summed E-state index contributed by atoms with van der Waals surface area (Å²) in [5.74, 6) is 0.341. The second kappa shape index (κ2) is 4.55. The number of nitrogens with zero attached hydrogens (tertiary/aromatic N) is 3. The lowest BCUT2D eigenvalue weighted by atomic mass is 10.1. The standard InChI is InChI=1S/C15H11ClN4/c1-9-3-2-4-12-14(9)20(15(18)19-12)13-7-11(16)6-5-10(13)8-17/h2-7H,1H3,(H2,18,19). The number of benzene rings is 2. The third-order valence-electron chi connectivity index (χ3n) is 3.23. The fraction of sp³-hybridized carbons (Fsp3) is 0.0667. The van der Waals surface area contributed by atoms with Gasteiger partial charge in [-0.1, -0.05) is 23.7 Å². The van der Waals surface area contributed by atoms with E-state index in [4.69, 9.17) is 17.3 Å². The molecule has 2 N–H and O–H groups in total. The number of para-hydroxylation sites is 1. The van der Waals surface area contributed by atoms with Crippen LogP contribution >= 0.6 is 11.6 Å². The van der Waals surface area contributed by atoms with Gasteiger partial charge in [-0.05, 0) is 36.8 Å². The zero-order chi connectivity index (χ0) is 14.3. The van der Waals surface area contributed by atoms with Crippen molar-refractivity contribution in [3.05, 3.63) is 52.5 Å². The molecule has 0 aliphatic carbocycles. The summed E-state index contributed by atoms with van der Waals surface area (Å²) in [5, 5.41) is 9.82. The van der Waals surface area contributed by atoms with Crippen LogP contribution in [0.4, 0.5) is 5.95 Å². The fourth-order valence-corrected chi connectivity index (χ4v) is 2.51. The monoisotopic (exact) mass is 282 g/mol. The van der Waals surface area contributed by atoms with Crippen molar-refractivity contribution < 1.29 is 0 Å². The van der Waals surface area contributed by atoms with E-state index in [1.807, 2.05) is 25.1 Å². The molecule has 3 aromatic rings. The summed E-state index contributed by atoms with van der Waals surface area (Å²) in [4.78, 5) is 4.34. The van der Waals surface area contributed by atoms with E-state index in [0.717, 1.165) is 16.6 Å². The molecule has 0 atom stereocenters. The molecule has 0 aliphatic heterocycles. The van der Waals surface area contributed by atoms with Gasteiger partial charge < -0.3 is 5.73 Å². The normalized spacial score (nSPS) is 10.7. The number of hydrogen-bond acceptors (Lipinski definition) is 3. The van der Waals surface area contributed by atoms with E-state index < -0.39 is 0 Å². The highest BCUT2D eigenvalue weighted by Crippen LogP contribution is 2.29. The molecule has 3 rings (SSSR count). The van der Waals surface area contributed by atoms with Crippen LogP contribution in [0.2, 0.25) is 5.02 Å². The minimum atomic E-state index is 0.341. The lowest BCUT2D eigenvalue weighted by Gasteiger charge is -2.10. The number of halogens is 1. The molecule has 0 bridgehead atoms. The maximum Gasteiger partial charge on any atom is 0.205 e. The Balaban J connectivity index is 2.44. The predicted octanol–water partition coefficient (Wildman–Crippen LogP) is 3.44. The van der Waals surface area contributed by atoms with E-state index >= 15 is 0 Å². The van der Waals surface area contributed by atoms with E-state index in [-0.39, 0.29) is 0 Å². The molecule has 5 heteroatoms. The fourth-order valence-electron chi connectivity index (χ4n) is 2.34. The second-order valence-electron chi connectivity index (χ2n) is 4.52. The minimum absolute atomic E-state index is 0.341. The van der Waals surface area contributed by atoms with Crippen molar-refractivity contribution in [1.29, 1.82) is 5.26 Å². The Bertz CT molecular complexity index is 858. The van der Waals surface area contributed by atoms with E-state index in [2.05, 4.69) is 11.1 Å². The molecule has 20 heavy (non-hydrogen) atoms. The summed E-state index contributed by atoms with van der Waals surface area (Å²) in [6.45, 7) is 1.98. The minimum Gasteiger partial charge on any atom is -0.369 e. The smallest absolute Gasteiger partial charge is 0.205 e. The van der Waals surface area contributed by atoms with Gasteiger partial charge in [0.2, 0.25) is 5.95 Å². The van der Waals surface area contributed by atoms with Gasteiger partial charge in [0.15, 0.2) is 0 Å². The first-order chi connectivity index (χ1) is 9.61. The highest BCUT2D eigenvalue weighted by molar-refractivity contribution is 6.30. The Morgan fingerprint density at radius 3 is 2.85 bits per heavy atom. The van der Waals surface area contributed by atoms with Gasteiger partial charge in [0.05, 0.1) is 22.3 Å². The van der Waals surface area contributed by atoms with Gasteiger partial charge in [-0.15, -0.1) is 0 Å². The number of rotatable bonds is 1. The average molecular weight is 283 g/mol. The van der Waals surface area contributed by atoms with Crippen LogP contribution < -0.4 is 5.73 Å². The van der Waals surface area contributed by atoms with E-state index in [1.54, 1.807) is 22.8 Å². The number of nitriles is 1. The lowest BCUT2D eigenvalue weighted by Crippen LogP contribution is -2.03. The largest absolute Gasteiger partial charge is 0.369 e. The third kappa shape index (κ3) is 1.80. The first-order valence-electron chi connectivity index (χ1n) is 6.05. The Morgan fingerprint density at radius 2 is 2.10 bits per heavy atom. The predicted molar refractivity (Wildman–Crippen MR) is 79.9 cm³/mol. The van der Waals surface area contributed by atoms with Crippen LogP contribution in [0.25, 0.3) is 16.7 Å². The maximum atomic E-state index is 9.27. The Morgan fingerprint density at radius 1 is 1.30 bits per heavy atom. The highest BCUT2D eigenvalue weighted by atomic mass is 35.5. The first-order valence-corrected chi connectivity index (χ1v) is 6.43. The molecule has 0 spiro atoms. The van der Waals surface area contributed by atoms with Crippen LogP contribution in [0.1, 0.15) is 11.1 Å². The van der Waals surface area contributed by atoms with E-state index in [0.29, 0.717) is 22.2 Å². The van der Waals surface area contributed by atoms with Gasteiger partial charge in [0.1, 0.15) is 6.07 Å². The SMILES string of the molecule is Cc1cccc2nc(N)n(-c3cc(Cl)ccc3C#N)c12. The molecule has 1 aromatic heterocycles. The van der Waals surface area contributed by atoms with E-state index in [9.17, 15) is 5.26 Å². The number of aromatic nitrogens is 2. The number of anilines is 1. The Labute approximate surface area is 121 Å². The molecular weight excluding hydrogens is 272 g/mol. The molecule has 0 radical (unpaired) electrons. The van der Waals surface area contributed by atoms with Gasteiger partial charge in [-0.3, -0.25) is 4.57 Å². The summed E-state index contributed by atoms with van der Waals surface area (Å²) in [7, 11) is 0. The van der Waals surface area contributed by atoms with Crippen molar-refractivity contribution in [2.45, 2.75) is 6.92 Å². The van der Waals surface area contributed by atoms with Crippen molar-refractivity contribution in [3.8, 4) is 11.8 Å². The van der Waals surface area contributed by atoms with E-state index in [1.165, 1.54) is 0 Å². The Hall–Kier alpha value is -2.51. The van der Waals surface area contributed by atoms with Crippen LogP contribution in [0.15, 0.2) is 36.4 Å². The second-order valence-corrected chi connectivity index (χ2v) is 4.96. The van der Waals surface area contributed by atoms with Crippen LogP contribution in [-0.4, -0.2) is 9.55 Å². The van der Waals surface area contributed by atoms with Crippen molar-refractivity contribution >= 4 is 28.6 Å². The Kier molecular flexibility index (Phi) is 2.85. The summed E-state index contributed by atoms with van der Waals surface area (Å²) in [5.41, 5.74) is 9.91. The van der Waals surface area contributed by atoms with Crippen LogP contribution in [0.3, 0.4) is 0 Å². The topological polar surface area (TPSA) is 67.6 Å². The summed E-state index contributed by atoms with van der Waals surface area (Å²) < 4.78 is 1.77. The molecule has 0 amide bonds. The number of nitrogen functional groups attached to an aromatic ring is 1. The maximum absolute atomic E-state index is 9.27. The van der Waals surface area contributed by atoms with Crippen molar-refractivity contribution in [2.75, 3.05) is 5.73 Å². The number of aryl methyl sites for hydroxylation is 1. The molecule has 98 valence electrons. The third-order valence-corrected chi connectivity index (χ3v) is 3.46. The number of fused-ring (bicyclic) bond motifs is 1. The van der Waals surface area contributed by atoms with Gasteiger partial charge in [-0.2, -0.15) is 5.26 Å². The number of nitrogens with two attached hydrogens (primary N) is 1. The van der Waals surface area contributed by atoms with Gasteiger partial charge in [0, 0.05) is 5.02 Å². The number of imidazole rings is 1. The molecule has 4 nitrogen and oxygen atoms in total. The first kappa shape index (κ1) is 12.5. The molecule has 0 saturated carbocycles. The van der Waals surface area contributed by atoms with Crippen LogP contribution in [-0.2, 0) is 0 Å². The molecule has 0 unspecified atom stereocenters. The molecule has 2 aromatic carbocycles. The zero-order valence-electron chi connectivity index (χ0n) is 10.8. The van der Waals surface area contributed by atoms with Gasteiger partial charge >= 0.3 is 0 Å².